The molecule has 3 fully saturated rings. The van der Waals surface area contributed by atoms with Gasteiger partial charge in [0.2, 0.25) is 0 Å². The minimum atomic E-state index is -1.01. The van der Waals surface area contributed by atoms with E-state index < -0.39 is 66.8 Å². The summed E-state index contributed by atoms with van der Waals surface area (Å²) in [5, 5.41) is 0. The maximum Gasteiger partial charge on any atom is 0.187 e. The molecule has 11 heteroatoms. The molecule has 0 aliphatic carbocycles. The van der Waals surface area contributed by atoms with Crippen molar-refractivity contribution in [3.05, 3.63) is 215 Å². The van der Waals surface area contributed by atoms with Crippen LogP contribution >= 0.6 is 11.8 Å². The van der Waals surface area contributed by atoms with Crippen molar-refractivity contribution in [2.24, 2.45) is 0 Å². The zero-order valence-electron chi connectivity index (χ0n) is 37.8. The number of benzene rings is 6. The lowest BCUT2D eigenvalue weighted by atomic mass is 9.95. The predicted octanol–water partition coefficient (Wildman–Crippen LogP) is 10.2. The fourth-order valence-corrected chi connectivity index (χ4v) is 9.71. The Labute approximate surface area is 398 Å². The minimum Gasteiger partial charge on any atom is -0.374 e. The van der Waals surface area contributed by atoms with Crippen LogP contribution in [0.4, 0.5) is 0 Å². The molecule has 3 heterocycles. The van der Waals surface area contributed by atoms with Crippen molar-refractivity contribution in [2.45, 2.75) is 107 Å². The van der Waals surface area contributed by atoms with Crippen LogP contribution < -0.4 is 0 Å². The Morgan fingerprint density at radius 1 is 0.463 bits per heavy atom. The summed E-state index contributed by atoms with van der Waals surface area (Å²) in [5.41, 5.74) is 5.58. The highest BCUT2D eigenvalue weighted by Gasteiger charge is 2.56. The van der Waals surface area contributed by atoms with E-state index in [4.69, 9.17) is 47.4 Å². The number of ether oxygens (including phenoxy) is 10. The fourth-order valence-electron chi connectivity index (χ4n) is 8.73. The van der Waals surface area contributed by atoms with E-state index in [-0.39, 0.29) is 13.2 Å². The van der Waals surface area contributed by atoms with E-state index in [1.165, 1.54) is 0 Å². The molecule has 0 unspecified atom stereocenters. The Kier molecular flexibility index (Phi) is 17.3. The summed E-state index contributed by atoms with van der Waals surface area (Å²) in [7, 11) is 0. The molecule has 0 saturated carbocycles. The summed E-state index contributed by atoms with van der Waals surface area (Å²) in [4.78, 5) is 0. The molecule has 350 valence electrons. The van der Waals surface area contributed by atoms with Gasteiger partial charge in [-0.15, -0.1) is 11.8 Å². The molecule has 3 saturated heterocycles. The van der Waals surface area contributed by atoms with Crippen molar-refractivity contribution in [3.63, 3.8) is 0 Å². The molecular weight excluding hydrogens is 865 g/mol. The van der Waals surface area contributed by atoms with Crippen molar-refractivity contribution in [1.29, 1.82) is 0 Å². The standard InChI is InChI=1S/C56H60O10S/c1-2-67-56-53(61-37-44-29-17-7-18-30-44)51(49-47(64-56)39-62-54(65-49)45-31-19-8-20-32-45)66-55-52(60-36-43-27-15-6-16-28-43)50(59-35-42-25-13-5-14-26-42)48(58-34-41-23-11-4-12-24-41)46(63-55)38-57-33-40-21-9-3-10-22-40/h3-32,46-56H,2,33-39H2,1H3/t46-,47-,48-,49-,50+,51+,52-,53+,54-,55-,56-/m1/s1. The van der Waals surface area contributed by atoms with Gasteiger partial charge < -0.3 is 47.4 Å². The number of rotatable bonds is 21. The Bertz CT molecular complexity index is 2300. The van der Waals surface area contributed by atoms with E-state index in [2.05, 4.69) is 55.5 Å². The second kappa shape index (κ2) is 24.5. The molecule has 0 spiro atoms. The normalized spacial score (nSPS) is 27.3. The summed E-state index contributed by atoms with van der Waals surface area (Å²) in [6, 6.07) is 60.6. The van der Waals surface area contributed by atoms with Crippen molar-refractivity contribution in [1.82, 2.24) is 0 Å². The number of thioether (sulfide) groups is 1. The second-order valence-electron chi connectivity index (χ2n) is 16.9. The number of fused-ring (bicyclic) bond motifs is 1. The molecule has 10 nitrogen and oxygen atoms in total. The highest BCUT2D eigenvalue weighted by Crippen LogP contribution is 2.42. The van der Waals surface area contributed by atoms with E-state index >= 15 is 0 Å². The molecule has 11 atom stereocenters. The van der Waals surface area contributed by atoms with Crippen LogP contribution in [0, 0.1) is 0 Å². The molecule has 9 rings (SSSR count). The highest BCUT2D eigenvalue weighted by atomic mass is 32.2. The van der Waals surface area contributed by atoms with Gasteiger partial charge in [-0.3, -0.25) is 0 Å². The van der Waals surface area contributed by atoms with Crippen molar-refractivity contribution in [3.8, 4) is 0 Å². The Hall–Kier alpha value is -4.73. The van der Waals surface area contributed by atoms with E-state index in [0.29, 0.717) is 33.0 Å². The molecular formula is C56H60O10S. The quantitative estimate of drug-likeness (QED) is 0.0691. The molecule has 0 bridgehead atoms. The average molecular weight is 925 g/mol. The molecule has 0 amide bonds. The molecule has 3 aliphatic rings. The SMILES string of the molecule is CCS[C@H]1O[C@@H]2CO[C@@H](c3ccccc3)O[C@H]2[C@H](O[C@H]2O[C@H](COCc3ccccc3)[C@@H](OCc3ccccc3)[C@H](OCc3ccccc3)[C@H]2OCc2ccccc2)[C@@H]1OCc1ccccc1. The van der Waals surface area contributed by atoms with Crippen LogP contribution in [0.3, 0.4) is 0 Å². The van der Waals surface area contributed by atoms with Gasteiger partial charge >= 0.3 is 0 Å². The Morgan fingerprint density at radius 3 is 1.42 bits per heavy atom. The van der Waals surface area contributed by atoms with Crippen molar-refractivity contribution < 1.29 is 47.4 Å². The molecule has 0 radical (unpaired) electrons. The molecule has 0 aromatic heterocycles. The van der Waals surface area contributed by atoms with E-state index in [1.54, 1.807) is 11.8 Å². The first-order valence-electron chi connectivity index (χ1n) is 23.3. The van der Waals surface area contributed by atoms with Crippen LogP contribution in [0.25, 0.3) is 0 Å². The predicted molar refractivity (Wildman–Crippen MR) is 257 cm³/mol. The Morgan fingerprint density at radius 2 is 0.910 bits per heavy atom. The largest absolute Gasteiger partial charge is 0.374 e. The maximum absolute atomic E-state index is 7.52. The second-order valence-corrected chi connectivity index (χ2v) is 18.2. The van der Waals surface area contributed by atoms with Crippen LogP contribution in [0.2, 0.25) is 0 Å². The lowest BCUT2D eigenvalue weighted by Crippen LogP contribution is -2.67. The van der Waals surface area contributed by atoms with Gasteiger partial charge in [-0.05, 0) is 33.6 Å². The third kappa shape index (κ3) is 12.9. The van der Waals surface area contributed by atoms with Gasteiger partial charge in [0.05, 0.1) is 46.2 Å². The van der Waals surface area contributed by atoms with Crippen LogP contribution in [0.5, 0.6) is 0 Å². The van der Waals surface area contributed by atoms with Gasteiger partial charge in [0.1, 0.15) is 54.3 Å². The lowest BCUT2D eigenvalue weighted by molar-refractivity contribution is -0.378. The van der Waals surface area contributed by atoms with Crippen molar-refractivity contribution >= 4 is 11.8 Å². The zero-order valence-corrected chi connectivity index (χ0v) is 38.6. The van der Waals surface area contributed by atoms with Gasteiger partial charge in [-0.2, -0.15) is 0 Å². The van der Waals surface area contributed by atoms with Gasteiger partial charge in [-0.25, -0.2) is 0 Å². The Balaban J connectivity index is 1.10. The van der Waals surface area contributed by atoms with E-state index in [0.717, 1.165) is 39.1 Å². The minimum absolute atomic E-state index is 0.188. The summed E-state index contributed by atoms with van der Waals surface area (Å²) in [5.74, 6) is 0.785. The third-order valence-corrected chi connectivity index (χ3v) is 13.1. The van der Waals surface area contributed by atoms with Crippen molar-refractivity contribution in [2.75, 3.05) is 19.0 Å². The average Bonchev–Trinajstić information content (AvgIpc) is 3.39. The summed E-state index contributed by atoms with van der Waals surface area (Å²) < 4.78 is 69.5. The number of hydrogen-bond acceptors (Lipinski definition) is 11. The first kappa shape index (κ1) is 47.3. The smallest absolute Gasteiger partial charge is 0.187 e. The van der Waals surface area contributed by atoms with Gasteiger partial charge in [-0.1, -0.05) is 189 Å². The third-order valence-electron chi connectivity index (χ3n) is 12.1. The van der Waals surface area contributed by atoms with Gasteiger partial charge in [0, 0.05) is 5.56 Å². The molecule has 3 aliphatic heterocycles. The van der Waals surface area contributed by atoms with Crippen LogP contribution in [0.15, 0.2) is 182 Å². The molecule has 67 heavy (non-hydrogen) atoms. The monoisotopic (exact) mass is 924 g/mol. The summed E-state index contributed by atoms with van der Waals surface area (Å²) in [6.07, 6.45) is -6.83. The first-order valence-corrected chi connectivity index (χ1v) is 24.4. The summed E-state index contributed by atoms with van der Waals surface area (Å²) in [6.45, 7) is 4.19. The van der Waals surface area contributed by atoms with Gasteiger partial charge in [0.15, 0.2) is 12.6 Å². The van der Waals surface area contributed by atoms with Crippen LogP contribution in [0.1, 0.15) is 46.6 Å². The lowest BCUT2D eigenvalue weighted by Gasteiger charge is -2.52. The molecule has 0 N–H and O–H groups in total. The molecule has 6 aromatic carbocycles. The van der Waals surface area contributed by atoms with Crippen LogP contribution in [-0.2, 0) is 80.4 Å². The van der Waals surface area contributed by atoms with E-state index in [9.17, 15) is 0 Å². The zero-order chi connectivity index (χ0) is 45.5. The first-order chi connectivity index (χ1) is 33.2. The van der Waals surface area contributed by atoms with Gasteiger partial charge in [0.25, 0.3) is 0 Å². The fraction of sp³-hybridized carbons (Fsp3) is 0.357. The number of hydrogen-bond donors (Lipinski definition) is 0. The summed E-state index contributed by atoms with van der Waals surface area (Å²) >= 11 is 1.67. The molecule has 6 aromatic rings. The van der Waals surface area contributed by atoms with Crippen LogP contribution in [-0.4, -0.2) is 79.5 Å². The highest BCUT2D eigenvalue weighted by molar-refractivity contribution is 7.99. The maximum atomic E-state index is 7.52. The topological polar surface area (TPSA) is 92.3 Å². The van der Waals surface area contributed by atoms with E-state index in [1.807, 2.05) is 133 Å².